The molecule has 3 aromatic rings. The molecule has 2 aliphatic heterocycles. The van der Waals surface area contributed by atoms with Gasteiger partial charge < -0.3 is 14.4 Å². The zero-order chi connectivity index (χ0) is 24.9. The number of rotatable bonds is 7. The van der Waals surface area contributed by atoms with E-state index in [9.17, 15) is 9.59 Å². The van der Waals surface area contributed by atoms with E-state index in [0.717, 1.165) is 50.0 Å². The normalized spacial score (nSPS) is 19.4. The standard InChI is InChI=1S/C27H33N5O4/c1-2-35-27(34)24-9-3-4-13-31(24)19-20-7-5-8-22(17-20)36-21-10-15-30(16-11-21)26(33)23-18-25-28-12-6-14-32(25)29-23/h5-8,12,14,17-18,21,24H,2-4,9-11,13,15-16,19H2,1H3/t24-/m0/s1. The number of amides is 1. The smallest absolute Gasteiger partial charge is 0.323 e. The van der Waals surface area contributed by atoms with Crippen molar-refractivity contribution in [2.45, 2.75) is 57.7 Å². The predicted octanol–water partition coefficient (Wildman–Crippen LogP) is 3.33. The predicted molar refractivity (Wildman–Crippen MR) is 134 cm³/mol. The van der Waals surface area contributed by atoms with E-state index in [0.29, 0.717) is 37.6 Å². The monoisotopic (exact) mass is 491 g/mol. The van der Waals surface area contributed by atoms with Gasteiger partial charge in [0.25, 0.3) is 5.91 Å². The number of hydrogen-bond donors (Lipinski definition) is 0. The molecular formula is C27H33N5O4. The van der Waals surface area contributed by atoms with Crippen molar-refractivity contribution in [3.05, 3.63) is 60.0 Å². The number of esters is 1. The Balaban J connectivity index is 1.16. The molecule has 0 saturated carbocycles. The van der Waals surface area contributed by atoms with Gasteiger partial charge in [0, 0.05) is 50.9 Å². The van der Waals surface area contributed by atoms with Crippen LogP contribution in [0.3, 0.4) is 0 Å². The van der Waals surface area contributed by atoms with Gasteiger partial charge in [-0.25, -0.2) is 9.50 Å². The van der Waals surface area contributed by atoms with E-state index in [4.69, 9.17) is 9.47 Å². The lowest BCUT2D eigenvalue weighted by molar-refractivity contribution is -0.151. The first kappa shape index (κ1) is 24.2. The van der Waals surface area contributed by atoms with Crippen molar-refractivity contribution in [3.8, 4) is 5.75 Å². The zero-order valence-corrected chi connectivity index (χ0v) is 20.7. The van der Waals surface area contributed by atoms with Crippen molar-refractivity contribution in [2.75, 3.05) is 26.2 Å². The van der Waals surface area contributed by atoms with E-state index in [2.05, 4.69) is 27.1 Å². The number of nitrogens with zero attached hydrogens (tertiary/aromatic N) is 5. The summed E-state index contributed by atoms with van der Waals surface area (Å²) >= 11 is 0. The van der Waals surface area contributed by atoms with Gasteiger partial charge in [-0.1, -0.05) is 18.6 Å². The molecule has 190 valence electrons. The maximum absolute atomic E-state index is 12.9. The Morgan fingerprint density at radius 2 is 1.92 bits per heavy atom. The van der Waals surface area contributed by atoms with Gasteiger partial charge in [0.2, 0.25) is 0 Å². The number of benzene rings is 1. The molecule has 0 unspecified atom stereocenters. The van der Waals surface area contributed by atoms with Crippen LogP contribution in [0.4, 0.5) is 0 Å². The molecule has 0 spiro atoms. The van der Waals surface area contributed by atoms with Crippen LogP contribution in [0.25, 0.3) is 5.65 Å². The molecule has 9 heteroatoms. The van der Waals surface area contributed by atoms with Crippen LogP contribution < -0.4 is 4.74 Å². The Morgan fingerprint density at radius 3 is 2.72 bits per heavy atom. The number of piperidine rings is 2. The first-order chi connectivity index (χ1) is 17.6. The van der Waals surface area contributed by atoms with Crippen molar-refractivity contribution in [1.82, 2.24) is 24.4 Å². The molecule has 0 N–H and O–H groups in total. The van der Waals surface area contributed by atoms with Crippen LogP contribution in [-0.4, -0.2) is 74.7 Å². The third-order valence-electron chi connectivity index (χ3n) is 6.94. The number of aromatic nitrogens is 3. The van der Waals surface area contributed by atoms with E-state index in [1.165, 1.54) is 0 Å². The number of ether oxygens (including phenoxy) is 2. The van der Waals surface area contributed by atoms with Gasteiger partial charge in [-0.3, -0.25) is 14.5 Å². The van der Waals surface area contributed by atoms with E-state index >= 15 is 0 Å². The Kier molecular flexibility index (Phi) is 7.46. The van der Waals surface area contributed by atoms with E-state index < -0.39 is 0 Å². The molecule has 0 radical (unpaired) electrons. The molecule has 0 aliphatic carbocycles. The molecule has 9 nitrogen and oxygen atoms in total. The Morgan fingerprint density at radius 1 is 1.06 bits per heavy atom. The summed E-state index contributed by atoms with van der Waals surface area (Å²) in [7, 11) is 0. The molecule has 0 bridgehead atoms. The molecule has 1 atom stereocenters. The molecule has 2 fully saturated rings. The molecule has 2 aliphatic rings. The number of carbonyl (C=O) groups excluding carboxylic acids is 2. The average Bonchev–Trinajstić information content (AvgIpc) is 3.34. The SMILES string of the molecule is CCOC(=O)[C@@H]1CCCCN1Cc1cccc(OC2CCN(C(=O)c3cc4ncccn4n3)CC2)c1. The minimum atomic E-state index is -0.172. The third kappa shape index (κ3) is 5.51. The Labute approximate surface area is 211 Å². The molecule has 4 heterocycles. The van der Waals surface area contributed by atoms with Crippen LogP contribution in [0.15, 0.2) is 48.8 Å². The summed E-state index contributed by atoms with van der Waals surface area (Å²) in [4.78, 5) is 33.6. The lowest BCUT2D eigenvalue weighted by Crippen LogP contribution is -2.44. The van der Waals surface area contributed by atoms with Crippen LogP contribution in [0, 0.1) is 0 Å². The van der Waals surface area contributed by atoms with Crippen molar-refractivity contribution < 1.29 is 19.1 Å². The Hall–Kier alpha value is -3.46. The summed E-state index contributed by atoms with van der Waals surface area (Å²) in [6.07, 6.45) is 8.04. The molecule has 36 heavy (non-hydrogen) atoms. The minimum absolute atomic E-state index is 0.0503. The highest BCUT2D eigenvalue weighted by Crippen LogP contribution is 2.25. The highest BCUT2D eigenvalue weighted by Gasteiger charge is 2.30. The fraction of sp³-hybridized carbons (Fsp3) is 0.481. The summed E-state index contributed by atoms with van der Waals surface area (Å²) < 4.78 is 13.2. The molecule has 1 amide bonds. The lowest BCUT2D eigenvalue weighted by Gasteiger charge is -2.34. The molecular weight excluding hydrogens is 458 g/mol. The van der Waals surface area contributed by atoms with Crippen molar-refractivity contribution in [3.63, 3.8) is 0 Å². The molecule has 1 aromatic carbocycles. The summed E-state index contributed by atoms with van der Waals surface area (Å²) in [5.74, 6) is 0.637. The molecule has 5 rings (SSSR count). The van der Waals surface area contributed by atoms with Gasteiger partial charge in [0.05, 0.1) is 6.61 Å². The third-order valence-corrected chi connectivity index (χ3v) is 6.94. The highest BCUT2D eigenvalue weighted by atomic mass is 16.5. The van der Waals surface area contributed by atoms with Crippen LogP contribution in [0.5, 0.6) is 5.75 Å². The van der Waals surface area contributed by atoms with Gasteiger partial charge in [0.15, 0.2) is 11.3 Å². The van der Waals surface area contributed by atoms with Crippen LogP contribution in [0.2, 0.25) is 0 Å². The van der Waals surface area contributed by atoms with E-state index in [1.807, 2.05) is 24.0 Å². The second-order valence-corrected chi connectivity index (χ2v) is 9.44. The van der Waals surface area contributed by atoms with E-state index in [1.54, 1.807) is 29.0 Å². The minimum Gasteiger partial charge on any atom is -0.490 e. The summed E-state index contributed by atoms with van der Waals surface area (Å²) in [6, 6.07) is 11.5. The quantitative estimate of drug-likeness (QED) is 0.469. The second-order valence-electron chi connectivity index (χ2n) is 9.44. The van der Waals surface area contributed by atoms with Crippen molar-refractivity contribution in [1.29, 1.82) is 0 Å². The fourth-order valence-corrected chi connectivity index (χ4v) is 5.10. The fourth-order valence-electron chi connectivity index (χ4n) is 5.10. The van der Waals surface area contributed by atoms with Gasteiger partial charge in [0.1, 0.15) is 17.9 Å². The lowest BCUT2D eigenvalue weighted by atomic mass is 10.0. The van der Waals surface area contributed by atoms with Gasteiger partial charge in [-0.15, -0.1) is 0 Å². The maximum Gasteiger partial charge on any atom is 0.323 e. The van der Waals surface area contributed by atoms with Crippen LogP contribution >= 0.6 is 0 Å². The summed E-state index contributed by atoms with van der Waals surface area (Å²) in [5.41, 5.74) is 2.20. The number of fused-ring (bicyclic) bond motifs is 1. The Bertz CT molecular complexity index is 1170. The molecule has 2 aromatic heterocycles. The largest absolute Gasteiger partial charge is 0.490 e. The number of likely N-dealkylation sites (tertiary alicyclic amines) is 2. The van der Waals surface area contributed by atoms with Gasteiger partial charge >= 0.3 is 5.97 Å². The summed E-state index contributed by atoms with van der Waals surface area (Å²) in [6.45, 7) is 5.10. The van der Waals surface area contributed by atoms with Crippen molar-refractivity contribution >= 4 is 17.5 Å². The van der Waals surface area contributed by atoms with Crippen LogP contribution in [-0.2, 0) is 16.1 Å². The topological polar surface area (TPSA) is 89.3 Å². The number of carbonyl (C=O) groups is 2. The number of hydrogen-bond acceptors (Lipinski definition) is 7. The summed E-state index contributed by atoms with van der Waals surface area (Å²) in [5, 5.41) is 4.36. The highest BCUT2D eigenvalue weighted by molar-refractivity contribution is 5.93. The molecule has 2 saturated heterocycles. The van der Waals surface area contributed by atoms with Gasteiger partial charge in [-0.05, 0) is 50.1 Å². The first-order valence-corrected chi connectivity index (χ1v) is 12.9. The van der Waals surface area contributed by atoms with Crippen LogP contribution in [0.1, 0.15) is 55.1 Å². The first-order valence-electron chi connectivity index (χ1n) is 12.9. The maximum atomic E-state index is 12.9. The second kappa shape index (κ2) is 11.1. The average molecular weight is 492 g/mol. The van der Waals surface area contributed by atoms with Gasteiger partial charge in [-0.2, -0.15) is 5.10 Å². The van der Waals surface area contributed by atoms with E-state index in [-0.39, 0.29) is 24.0 Å². The zero-order valence-electron chi connectivity index (χ0n) is 20.7. The van der Waals surface area contributed by atoms with Crippen molar-refractivity contribution in [2.24, 2.45) is 0 Å².